The summed E-state index contributed by atoms with van der Waals surface area (Å²) >= 11 is 0. The number of rotatable bonds is 8. The van der Waals surface area contributed by atoms with E-state index >= 15 is 0 Å². The molecule has 4 nitrogen and oxygen atoms in total. The highest BCUT2D eigenvalue weighted by Gasteiger charge is 2.10. The van der Waals surface area contributed by atoms with E-state index in [4.69, 9.17) is 0 Å². The molecule has 2 amide bonds. The molecular weight excluding hydrogens is 360 g/mol. The van der Waals surface area contributed by atoms with Crippen LogP contribution in [0.5, 0.6) is 0 Å². The third-order valence-electron chi connectivity index (χ3n) is 4.73. The van der Waals surface area contributed by atoms with Gasteiger partial charge in [-0.2, -0.15) is 0 Å². The molecule has 3 rings (SSSR count). The van der Waals surface area contributed by atoms with E-state index in [1.165, 1.54) is 11.1 Å². The number of amides is 2. The minimum atomic E-state index is -0.190. The Labute approximate surface area is 172 Å². The Kier molecular flexibility index (Phi) is 7.17. The summed E-state index contributed by atoms with van der Waals surface area (Å²) in [6, 6.07) is 25.0. The zero-order chi connectivity index (χ0) is 20.5. The molecule has 0 aliphatic carbocycles. The fraction of sp³-hybridized carbons (Fsp3) is 0.200. The average molecular weight is 386 g/mol. The third kappa shape index (κ3) is 6.32. The summed E-state index contributed by atoms with van der Waals surface area (Å²) in [5.41, 5.74) is 4.45. The fourth-order valence-electron chi connectivity index (χ4n) is 3.03. The first-order chi connectivity index (χ1) is 14.1. The molecule has 0 aromatic heterocycles. The number of carbonyl (C=O) groups is 2. The molecule has 0 atom stereocenters. The summed E-state index contributed by atoms with van der Waals surface area (Å²) in [5.74, 6) is -0.351. The molecule has 0 bridgehead atoms. The van der Waals surface area contributed by atoms with Gasteiger partial charge in [-0.05, 0) is 49.1 Å². The standard InChI is InChI=1S/C25H26N2O2/c1-19-12-14-21(15-13-19)18-27-25(29)23-11-5-10-22(17-23)24(28)26-16-6-9-20-7-3-2-4-8-20/h2-5,7-8,10-15,17H,6,9,16,18H2,1H3,(H,26,28)(H,27,29). The summed E-state index contributed by atoms with van der Waals surface area (Å²) in [6.07, 6.45) is 1.79. The number of aryl methyl sites for hydroxylation is 2. The van der Waals surface area contributed by atoms with Gasteiger partial charge in [-0.15, -0.1) is 0 Å². The SMILES string of the molecule is Cc1ccc(CNC(=O)c2cccc(C(=O)NCCCc3ccccc3)c2)cc1. The zero-order valence-corrected chi connectivity index (χ0v) is 16.7. The van der Waals surface area contributed by atoms with Gasteiger partial charge in [-0.25, -0.2) is 0 Å². The highest BCUT2D eigenvalue weighted by Crippen LogP contribution is 2.08. The van der Waals surface area contributed by atoms with Crippen molar-refractivity contribution in [2.75, 3.05) is 6.54 Å². The van der Waals surface area contributed by atoms with Crippen LogP contribution in [-0.4, -0.2) is 18.4 Å². The Morgan fingerprint density at radius 2 is 1.38 bits per heavy atom. The second-order valence-electron chi connectivity index (χ2n) is 7.09. The second kappa shape index (κ2) is 10.2. The molecule has 29 heavy (non-hydrogen) atoms. The van der Waals surface area contributed by atoms with Crippen LogP contribution in [0.3, 0.4) is 0 Å². The van der Waals surface area contributed by atoms with Crippen LogP contribution in [0, 0.1) is 6.92 Å². The molecule has 0 saturated carbocycles. The number of hydrogen-bond donors (Lipinski definition) is 2. The molecule has 0 aliphatic heterocycles. The number of hydrogen-bond acceptors (Lipinski definition) is 2. The van der Waals surface area contributed by atoms with Crippen molar-refractivity contribution < 1.29 is 9.59 Å². The maximum atomic E-state index is 12.4. The zero-order valence-electron chi connectivity index (χ0n) is 16.7. The van der Waals surface area contributed by atoms with Gasteiger partial charge in [0.1, 0.15) is 0 Å². The van der Waals surface area contributed by atoms with Crippen LogP contribution in [0.15, 0.2) is 78.9 Å². The monoisotopic (exact) mass is 386 g/mol. The molecule has 0 unspecified atom stereocenters. The molecule has 3 aromatic rings. The van der Waals surface area contributed by atoms with Gasteiger partial charge in [-0.1, -0.05) is 66.2 Å². The molecule has 148 valence electrons. The van der Waals surface area contributed by atoms with Crippen LogP contribution in [0.2, 0.25) is 0 Å². The molecule has 0 saturated heterocycles. The first kappa shape index (κ1) is 20.3. The van der Waals surface area contributed by atoms with Gasteiger partial charge in [0.25, 0.3) is 11.8 Å². The molecule has 2 N–H and O–H groups in total. The van der Waals surface area contributed by atoms with E-state index in [9.17, 15) is 9.59 Å². The molecule has 0 fully saturated rings. The predicted molar refractivity (Wildman–Crippen MR) is 116 cm³/mol. The van der Waals surface area contributed by atoms with Gasteiger partial charge in [0.15, 0.2) is 0 Å². The van der Waals surface area contributed by atoms with Crippen LogP contribution >= 0.6 is 0 Å². The summed E-state index contributed by atoms with van der Waals surface area (Å²) in [7, 11) is 0. The van der Waals surface area contributed by atoms with E-state index in [0.29, 0.717) is 24.2 Å². The third-order valence-corrected chi connectivity index (χ3v) is 4.73. The van der Waals surface area contributed by atoms with E-state index < -0.39 is 0 Å². The van der Waals surface area contributed by atoms with Crippen molar-refractivity contribution in [2.24, 2.45) is 0 Å². The Balaban J connectivity index is 1.49. The summed E-state index contributed by atoms with van der Waals surface area (Å²) in [4.78, 5) is 24.8. The Morgan fingerprint density at radius 1 is 0.724 bits per heavy atom. The van der Waals surface area contributed by atoms with Crippen molar-refractivity contribution in [2.45, 2.75) is 26.3 Å². The Bertz CT molecular complexity index is 950. The van der Waals surface area contributed by atoms with E-state index in [1.54, 1.807) is 24.3 Å². The fourth-order valence-corrected chi connectivity index (χ4v) is 3.03. The van der Waals surface area contributed by atoms with E-state index in [0.717, 1.165) is 18.4 Å². The molecule has 3 aromatic carbocycles. The van der Waals surface area contributed by atoms with Gasteiger partial charge in [0.05, 0.1) is 0 Å². The van der Waals surface area contributed by atoms with Crippen LogP contribution in [0.4, 0.5) is 0 Å². The maximum absolute atomic E-state index is 12.4. The number of nitrogens with one attached hydrogen (secondary N) is 2. The molecule has 0 radical (unpaired) electrons. The highest BCUT2D eigenvalue weighted by molar-refractivity contribution is 5.99. The van der Waals surface area contributed by atoms with E-state index in [1.807, 2.05) is 49.4 Å². The summed E-state index contributed by atoms with van der Waals surface area (Å²) < 4.78 is 0. The quantitative estimate of drug-likeness (QED) is 0.568. The van der Waals surface area contributed by atoms with Gasteiger partial charge in [-0.3, -0.25) is 9.59 Å². The van der Waals surface area contributed by atoms with Crippen molar-refractivity contribution in [3.63, 3.8) is 0 Å². The van der Waals surface area contributed by atoms with Crippen LogP contribution < -0.4 is 10.6 Å². The first-order valence-electron chi connectivity index (χ1n) is 9.88. The van der Waals surface area contributed by atoms with Crippen molar-refractivity contribution in [1.29, 1.82) is 0 Å². The van der Waals surface area contributed by atoms with Gasteiger partial charge < -0.3 is 10.6 Å². The maximum Gasteiger partial charge on any atom is 0.251 e. The Hall–Kier alpha value is -3.40. The van der Waals surface area contributed by atoms with Crippen molar-refractivity contribution >= 4 is 11.8 Å². The topological polar surface area (TPSA) is 58.2 Å². The molecule has 0 aliphatic rings. The van der Waals surface area contributed by atoms with E-state index in [-0.39, 0.29) is 11.8 Å². The van der Waals surface area contributed by atoms with Gasteiger partial charge in [0, 0.05) is 24.2 Å². The number of benzene rings is 3. The smallest absolute Gasteiger partial charge is 0.251 e. The molecule has 4 heteroatoms. The van der Waals surface area contributed by atoms with Crippen molar-refractivity contribution in [1.82, 2.24) is 10.6 Å². The summed E-state index contributed by atoms with van der Waals surface area (Å²) in [6.45, 7) is 3.08. The van der Waals surface area contributed by atoms with Crippen LogP contribution in [-0.2, 0) is 13.0 Å². The Morgan fingerprint density at radius 3 is 2.07 bits per heavy atom. The molecule has 0 heterocycles. The first-order valence-corrected chi connectivity index (χ1v) is 9.88. The largest absolute Gasteiger partial charge is 0.352 e. The summed E-state index contributed by atoms with van der Waals surface area (Å²) in [5, 5.41) is 5.83. The van der Waals surface area contributed by atoms with Crippen LogP contribution in [0.1, 0.15) is 43.8 Å². The lowest BCUT2D eigenvalue weighted by molar-refractivity contribution is 0.0950. The molecule has 0 spiro atoms. The lowest BCUT2D eigenvalue weighted by Gasteiger charge is -2.08. The normalized spacial score (nSPS) is 10.4. The lowest BCUT2D eigenvalue weighted by atomic mass is 10.1. The minimum Gasteiger partial charge on any atom is -0.352 e. The number of carbonyl (C=O) groups excluding carboxylic acids is 2. The second-order valence-corrected chi connectivity index (χ2v) is 7.09. The van der Waals surface area contributed by atoms with E-state index in [2.05, 4.69) is 22.8 Å². The van der Waals surface area contributed by atoms with Gasteiger partial charge in [0.2, 0.25) is 0 Å². The predicted octanol–water partition coefficient (Wildman–Crippen LogP) is 4.29. The molecular formula is C25H26N2O2. The van der Waals surface area contributed by atoms with Crippen LogP contribution in [0.25, 0.3) is 0 Å². The minimum absolute atomic E-state index is 0.161. The lowest BCUT2D eigenvalue weighted by Crippen LogP contribution is -2.26. The average Bonchev–Trinajstić information content (AvgIpc) is 2.77. The van der Waals surface area contributed by atoms with Gasteiger partial charge >= 0.3 is 0 Å². The highest BCUT2D eigenvalue weighted by atomic mass is 16.2. The van der Waals surface area contributed by atoms with Crippen molar-refractivity contribution in [3.8, 4) is 0 Å². The van der Waals surface area contributed by atoms with Crippen molar-refractivity contribution in [3.05, 3.63) is 107 Å².